The van der Waals surface area contributed by atoms with E-state index in [0.717, 1.165) is 31.0 Å². The molecular formula is C13H29N3. The highest BCUT2D eigenvalue weighted by Gasteiger charge is 2.29. The fourth-order valence-corrected chi connectivity index (χ4v) is 3.26. The number of hydrogen-bond acceptors (Lipinski definition) is 3. The molecule has 0 radical (unpaired) electrons. The van der Waals surface area contributed by atoms with Crippen molar-refractivity contribution in [3.05, 3.63) is 0 Å². The highest BCUT2D eigenvalue weighted by Crippen LogP contribution is 2.27. The van der Waals surface area contributed by atoms with Crippen molar-refractivity contribution in [1.82, 2.24) is 9.80 Å². The molecule has 0 aromatic rings. The summed E-state index contributed by atoms with van der Waals surface area (Å²) in [6.45, 7) is 9.03. The summed E-state index contributed by atoms with van der Waals surface area (Å²) in [6, 6.07) is 0.736. The highest BCUT2D eigenvalue weighted by molar-refractivity contribution is 4.84. The zero-order chi connectivity index (χ0) is 12.1. The zero-order valence-electron chi connectivity index (χ0n) is 11.4. The lowest BCUT2D eigenvalue weighted by molar-refractivity contribution is 0.0921. The van der Waals surface area contributed by atoms with Crippen molar-refractivity contribution in [3.63, 3.8) is 0 Å². The maximum atomic E-state index is 5.60. The van der Waals surface area contributed by atoms with Gasteiger partial charge in [-0.3, -0.25) is 0 Å². The van der Waals surface area contributed by atoms with E-state index in [-0.39, 0.29) is 0 Å². The third-order valence-electron chi connectivity index (χ3n) is 3.84. The van der Waals surface area contributed by atoms with Crippen LogP contribution in [-0.2, 0) is 0 Å². The molecule has 0 spiro atoms. The first-order valence-corrected chi connectivity index (χ1v) is 6.65. The molecular weight excluding hydrogens is 198 g/mol. The molecule has 96 valence electrons. The lowest BCUT2D eigenvalue weighted by atomic mass is 9.83. The van der Waals surface area contributed by atoms with E-state index in [2.05, 4.69) is 37.7 Å². The van der Waals surface area contributed by atoms with Crippen LogP contribution in [0.15, 0.2) is 0 Å². The number of likely N-dealkylation sites (tertiary alicyclic amines) is 1. The van der Waals surface area contributed by atoms with Crippen LogP contribution in [0.1, 0.15) is 26.7 Å². The van der Waals surface area contributed by atoms with E-state index in [1.165, 1.54) is 25.9 Å². The SMILES string of the molecule is CC(C)C(C1CCN(CCN)CC1)N(C)C. The van der Waals surface area contributed by atoms with E-state index in [0.29, 0.717) is 0 Å². The average Bonchev–Trinajstić information content (AvgIpc) is 2.20. The van der Waals surface area contributed by atoms with Crippen molar-refractivity contribution in [2.75, 3.05) is 40.3 Å². The van der Waals surface area contributed by atoms with Gasteiger partial charge in [0.1, 0.15) is 0 Å². The first kappa shape index (κ1) is 13.9. The quantitative estimate of drug-likeness (QED) is 0.767. The van der Waals surface area contributed by atoms with Gasteiger partial charge >= 0.3 is 0 Å². The molecule has 1 aliphatic heterocycles. The summed E-state index contributed by atoms with van der Waals surface area (Å²) in [4.78, 5) is 4.91. The first-order valence-electron chi connectivity index (χ1n) is 6.65. The Morgan fingerprint density at radius 2 is 1.81 bits per heavy atom. The fraction of sp³-hybridized carbons (Fsp3) is 1.00. The van der Waals surface area contributed by atoms with Crippen LogP contribution in [0.3, 0.4) is 0 Å². The molecule has 0 amide bonds. The molecule has 1 aliphatic rings. The van der Waals surface area contributed by atoms with E-state index < -0.39 is 0 Å². The Morgan fingerprint density at radius 3 is 2.19 bits per heavy atom. The molecule has 3 heteroatoms. The molecule has 1 fully saturated rings. The Morgan fingerprint density at radius 1 is 1.25 bits per heavy atom. The normalized spacial score (nSPS) is 21.9. The summed E-state index contributed by atoms with van der Waals surface area (Å²) in [7, 11) is 4.44. The van der Waals surface area contributed by atoms with Crippen molar-refractivity contribution < 1.29 is 0 Å². The number of nitrogens with two attached hydrogens (primary N) is 1. The molecule has 0 aromatic heterocycles. The summed E-state index contributed by atoms with van der Waals surface area (Å²) < 4.78 is 0. The lowest BCUT2D eigenvalue weighted by Gasteiger charge is -2.40. The molecule has 16 heavy (non-hydrogen) atoms. The molecule has 3 nitrogen and oxygen atoms in total. The minimum atomic E-state index is 0.736. The highest BCUT2D eigenvalue weighted by atomic mass is 15.1. The van der Waals surface area contributed by atoms with Gasteiger partial charge in [0.05, 0.1) is 0 Å². The largest absolute Gasteiger partial charge is 0.329 e. The van der Waals surface area contributed by atoms with E-state index in [9.17, 15) is 0 Å². The second kappa shape index (κ2) is 6.58. The fourth-order valence-electron chi connectivity index (χ4n) is 3.26. The Labute approximate surface area is 101 Å². The van der Waals surface area contributed by atoms with Crippen LogP contribution >= 0.6 is 0 Å². The van der Waals surface area contributed by atoms with E-state index in [1.807, 2.05) is 0 Å². The van der Waals surface area contributed by atoms with E-state index >= 15 is 0 Å². The average molecular weight is 227 g/mol. The lowest BCUT2D eigenvalue weighted by Crippen LogP contribution is -2.46. The van der Waals surface area contributed by atoms with Crippen LogP contribution < -0.4 is 5.73 Å². The van der Waals surface area contributed by atoms with Crippen molar-refractivity contribution in [2.45, 2.75) is 32.7 Å². The van der Waals surface area contributed by atoms with Crippen LogP contribution in [0, 0.1) is 11.8 Å². The summed E-state index contributed by atoms with van der Waals surface area (Å²) in [5.41, 5.74) is 5.60. The number of piperidine rings is 1. The van der Waals surface area contributed by atoms with Crippen molar-refractivity contribution in [2.24, 2.45) is 17.6 Å². The molecule has 0 bridgehead atoms. The molecule has 1 unspecified atom stereocenters. The number of nitrogens with zero attached hydrogens (tertiary/aromatic N) is 2. The van der Waals surface area contributed by atoms with Crippen LogP contribution in [0.5, 0.6) is 0 Å². The van der Waals surface area contributed by atoms with Crippen LogP contribution in [-0.4, -0.2) is 56.1 Å². The molecule has 1 atom stereocenters. The van der Waals surface area contributed by atoms with Gasteiger partial charge in [0.15, 0.2) is 0 Å². The molecule has 2 N–H and O–H groups in total. The standard InChI is InChI=1S/C13H29N3/c1-11(2)13(15(3)4)12-5-8-16(9-6-12)10-7-14/h11-13H,5-10,14H2,1-4H3. The summed E-state index contributed by atoms with van der Waals surface area (Å²) in [5.74, 6) is 1.62. The molecule has 1 rings (SSSR count). The Hall–Kier alpha value is -0.120. The third-order valence-corrected chi connectivity index (χ3v) is 3.84. The third kappa shape index (κ3) is 3.72. The minimum Gasteiger partial charge on any atom is -0.329 e. The van der Waals surface area contributed by atoms with E-state index in [1.54, 1.807) is 0 Å². The maximum Gasteiger partial charge on any atom is 0.0141 e. The molecule has 1 saturated heterocycles. The van der Waals surface area contributed by atoms with Gasteiger partial charge in [-0.1, -0.05) is 13.8 Å². The van der Waals surface area contributed by atoms with Gasteiger partial charge in [0, 0.05) is 19.1 Å². The van der Waals surface area contributed by atoms with Gasteiger partial charge in [-0.2, -0.15) is 0 Å². The van der Waals surface area contributed by atoms with Crippen molar-refractivity contribution in [1.29, 1.82) is 0 Å². The van der Waals surface area contributed by atoms with Crippen LogP contribution in [0.25, 0.3) is 0 Å². The molecule has 0 aromatic carbocycles. The summed E-state index contributed by atoms with van der Waals surface area (Å²) in [6.07, 6.45) is 2.67. The van der Waals surface area contributed by atoms with Crippen molar-refractivity contribution >= 4 is 0 Å². The van der Waals surface area contributed by atoms with Gasteiger partial charge in [-0.05, 0) is 51.9 Å². The number of rotatable bonds is 5. The number of hydrogen-bond donors (Lipinski definition) is 1. The Kier molecular flexibility index (Phi) is 5.73. The summed E-state index contributed by atoms with van der Waals surface area (Å²) >= 11 is 0. The van der Waals surface area contributed by atoms with Crippen LogP contribution in [0.4, 0.5) is 0 Å². The molecule has 0 aliphatic carbocycles. The van der Waals surface area contributed by atoms with Gasteiger partial charge in [0.2, 0.25) is 0 Å². The monoisotopic (exact) mass is 227 g/mol. The molecule has 1 heterocycles. The first-order chi connectivity index (χ1) is 7.56. The second-order valence-corrected chi connectivity index (χ2v) is 5.67. The second-order valence-electron chi connectivity index (χ2n) is 5.67. The smallest absolute Gasteiger partial charge is 0.0141 e. The summed E-state index contributed by atoms with van der Waals surface area (Å²) in [5, 5.41) is 0. The van der Waals surface area contributed by atoms with Gasteiger partial charge in [-0.15, -0.1) is 0 Å². The van der Waals surface area contributed by atoms with Gasteiger partial charge < -0.3 is 15.5 Å². The predicted molar refractivity (Wildman–Crippen MR) is 70.5 cm³/mol. The maximum absolute atomic E-state index is 5.60. The Balaban J connectivity index is 2.44. The Bertz CT molecular complexity index is 176. The van der Waals surface area contributed by atoms with Gasteiger partial charge in [-0.25, -0.2) is 0 Å². The van der Waals surface area contributed by atoms with Crippen LogP contribution in [0.2, 0.25) is 0 Å². The topological polar surface area (TPSA) is 32.5 Å². The van der Waals surface area contributed by atoms with Gasteiger partial charge in [0.25, 0.3) is 0 Å². The van der Waals surface area contributed by atoms with E-state index in [4.69, 9.17) is 5.73 Å². The predicted octanol–water partition coefficient (Wildman–Crippen LogP) is 1.24. The van der Waals surface area contributed by atoms with Crippen molar-refractivity contribution in [3.8, 4) is 0 Å². The minimum absolute atomic E-state index is 0.736. The molecule has 0 saturated carbocycles. The zero-order valence-corrected chi connectivity index (χ0v) is 11.4.